The monoisotopic (exact) mass is 282 g/mol. The number of hydrazine groups is 1. The van der Waals surface area contributed by atoms with E-state index in [0.29, 0.717) is 6.04 Å². The van der Waals surface area contributed by atoms with Gasteiger partial charge in [-0.1, -0.05) is 55.5 Å². The molecule has 1 atom stereocenters. The summed E-state index contributed by atoms with van der Waals surface area (Å²) in [5, 5.41) is 0. The Balaban J connectivity index is 1.92. The minimum Gasteiger partial charge on any atom is -0.271 e. The number of hydrogen-bond acceptors (Lipinski definition) is 2. The SMILES string of the molecule is CCc1ccc(CC(CCc2ccccc2C)NN)cc1. The normalized spacial score (nSPS) is 12.3. The van der Waals surface area contributed by atoms with Crippen molar-refractivity contribution >= 4 is 0 Å². The largest absolute Gasteiger partial charge is 0.271 e. The van der Waals surface area contributed by atoms with E-state index >= 15 is 0 Å². The summed E-state index contributed by atoms with van der Waals surface area (Å²) < 4.78 is 0. The fourth-order valence-electron chi connectivity index (χ4n) is 2.66. The fraction of sp³-hybridized carbons (Fsp3) is 0.368. The number of aryl methyl sites for hydroxylation is 3. The number of hydrogen-bond donors (Lipinski definition) is 2. The Morgan fingerprint density at radius 2 is 1.67 bits per heavy atom. The molecule has 21 heavy (non-hydrogen) atoms. The highest BCUT2D eigenvalue weighted by Gasteiger charge is 2.09. The van der Waals surface area contributed by atoms with Crippen LogP contribution in [0.2, 0.25) is 0 Å². The number of nitrogens with two attached hydrogens (primary N) is 1. The fourth-order valence-corrected chi connectivity index (χ4v) is 2.66. The molecule has 0 aliphatic rings. The van der Waals surface area contributed by atoms with Gasteiger partial charge in [-0.25, -0.2) is 0 Å². The molecule has 0 aromatic heterocycles. The van der Waals surface area contributed by atoms with E-state index in [2.05, 4.69) is 67.8 Å². The molecule has 2 heteroatoms. The van der Waals surface area contributed by atoms with Gasteiger partial charge in [0.25, 0.3) is 0 Å². The maximum Gasteiger partial charge on any atom is 0.0254 e. The van der Waals surface area contributed by atoms with Gasteiger partial charge in [0, 0.05) is 6.04 Å². The molecule has 0 radical (unpaired) electrons. The lowest BCUT2D eigenvalue weighted by Gasteiger charge is -2.17. The van der Waals surface area contributed by atoms with Crippen LogP contribution in [0.3, 0.4) is 0 Å². The zero-order valence-electron chi connectivity index (χ0n) is 13.1. The van der Waals surface area contributed by atoms with Crippen LogP contribution in [0.25, 0.3) is 0 Å². The summed E-state index contributed by atoms with van der Waals surface area (Å²) in [6.07, 6.45) is 4.18. The number of rotatable bonds is 7. The van der Waals surface area contributed by atoms with Crippen molar-refractivity contribution in [3.05, 3.63) is 70.8 Å². The van der Waals surface area contributed by atoms with Crippen LogP contribution < -0.4 is 11.3 Å². The molecule has 0 heterocycles. The molecule has 112 valence electrons. The molecule has 2 aromatic carbocycles. The first-order chi connectivity index (χ1) is 10.2. The quantitative estimate of drug-likeness (QED) is 0.602. The third kappa shape index (κ3) is 4.69. The second kappa shape index (κ2) is 7.96. The number of benzene rings is 2. The third-order valence-corrected chi connectivity index (χ3v) is 4.17. The standard InChI is InChI=1S/C19H26N2/c1-3-16-8-10-17(11-9-16)14-19(21-20)13-12-18-7-5-4-6-15(18)2/h4-11,19,21H,3,12-14,20H2,1-2H3. The Morgan fingerprint density at radius 3 is 2.29 bits per heavy atom. The summed E-state index contributed by atoms with van der Waals surface area (Å²) in [6, 6.07) is 17.8. The molecule has 0 spiro atoms. The van der Waals surface area contributed by atoms with Crippen LogP contribution >= 0.6 is 0 Å². The first-order valence-corrected chi connectivity index (χ1v) is 7.81. The van der Waals surface area contributed by atoms with Crippen molar-refractivity contribution < 1.29 is 0 Å². The zero-order chi connectivity index (χ0) is 15.1. The lowest BCUT2D eigenvalue weighted by molar-refractivity contribution is 0.491. The molecule has 0 aliphatic heterocycles. The average Bonchev–Trinajstić information content (AvgIpc) is 2.53. The molecule has 0 fully saturated rings. The molecule has 3 N–H and O–H groups in total. The second-order valence-electron chi connectivity index (χ2n) is 5.70. The van der Waals surface area contributed by atoms with Gasteiger partial charge in [0.2, 0.25) is 0 Å². The average molecular weight is 282 g/mol. The van der Waals surface area contributed by atoms with Gasteiger partial charge in [-0.15, -0.1) is 0 Å². The van der Waals surface area contributed by atoms with Gasteiger partial charge < -0.3 is 0 Å². The van der Waals surface area contributed by atoms with Gasteiger partial charge in [0.1, 0.15) is 0 Å². The minimum atomic E-state index is 0.317. The molecule has 2 aromatic rings. The van der Waals surface area contributed by atoms with E-state index in [1.807, 2.05) is 0 Å². The Hall–Kier alpha value is -1.64. The minimum absolute atomic E-state index is 0.317. The van der Waals surface area contributed by atoms with Gasteiger partial charge in [-0.2, -0.15) is 0 Å². The topological polar surface area (TPSA) is 38.0 Å². The van der Waals surface area contributed by atoms with Gasteiger partial charge in [-0.3, -0.25) is 11.3 Å². The Bertz CT molecular complexity index is 546. The molecule has 2 nitrogen and oxygen atoms in total. The summed E-state index contributed by atoms with van der Waals surface area (Å²) in [6.45, 7) is 4.35. The van der Waals surface area contributed by atoms with E-state index in [-0.39, 0.29) is 0 Å². The van der Waals surface area contributed by atoms with Gasteiger partial charge in [0.05, 0.1) is 0 Å². The Labute approximate surface area is 128 Å². The maximum absolute atomic E-state index is 5.73. The molecule has 1 unspecified atom stereocenters. The molecule has 0 bridgehead atoms. The van der Waals surface area contributed by atoms with E-state index in [4.69, 9.17) is 5.84 Å². The lowest BCUT2D eigenvalue weighted by Crippen LogP contribution is -2.37. The van der Waals surface area contributed by atoms with Crippen molar-refractivity contribution in [2.75, 3.05) is 0 Å². The Morgan fingerprint density at radius 1 is 1.00 bits per heavy atom. The van der Waals surface area contributed by atoms with Crippen LogP contribution in [-0.4, -0.2) is 6.04 Å². The smallest absolute Gasteiger partial charge is 0.0254 e. The highest BCUT2D eigenvalue weighted by Crippen LogP contribution is 2.13. The van der Waals surface area contributed by atoms with Crippen molar-refractivity contribution in [3.8, 4) is 0 Å². The van der Waals surface area contributed by atoms with E-state index in [9.17, 15) is 0 Å². The Kier molecular flexibility index (Phi) is 5.97. The molecular formula is C19H26N2. The van der Waals surface area contributed by atoms with Crippen molar-refractivity contribution in [1.82, 2.24) is 5.43 Å². The van der Waals surface area contributed by atoms with Crippen LogP contribution in [-0.2, 0) is 19.3 Å². The lowest BCUT2D eigenvalue weighted by atomic mass is 9.97. The summed E-state index contributed by atoms with van der Waals surface area (Å²) in [4.78, 5) is 0. The molecular weight excluding hydrogens is 256 g/mol. The predicted molar refractivity (Wildman–Crippen MR) is 90.1 cm³/mol. The summed E-state index contributed by atoms with van der Waals surface area (Å²) in [5.74, 6) is 5.73. The second-order valence-corrected chi connectivity index (χ2v) is 5.70. The van der Waals surface area contributed by atoms with E-state index in [1.165, 1.54) is 22.3 Å². The first kappa shape index (κ1) is 15.7. The maximum atomic E-state index is 5.73. The third-order valence-electron chi connectivity index (χ3n) is 4.17. The van der Waals surface area contributed by atoms with Crippen LogP contribution in [0.15, 0.2) is 48.5 Å². The van der Waals surface area contributed by atoms with Crippen molar-refractivity contribution in [2.24, 2.45) is 5.84 Å². The van der Waals surface area contributed by atoms with Crippen molar-refractivity contribution in [1.29, 1.82) is 0 Å². The van der Waals surface area contributed by atoms with E-state index in [0.717, 1.165) is 25.7 Å². The van der Waals surface area contributed by atoms with Crippen LogP contribution in [0.1, 0.15) is 35.6 Å². The van der Waals surface area contributed by atoms with Crippen molar-refractivity contribution in [3.63, 3.8) is 0 Å². The highest BCUT2D eigenvalue weighted by atomic mass is 15.2. The molecule has 0 saturated carbocycles. The molecule has 2 rings (SSSR count). The van der Waals surface area contributed by atoms with E-state index in [1.54, 1.807) is 0 Å². The van der Waals surface area contributed by atoms with Gasteiger partial charge >= 0.3 is 0 Å². The predicted octanol–water partition coefficient (Wildman–Crippen LogP) is 3.56. The summed E-state index contributed by atoms with van der Waals surface area (Å²) in [7, 11) is 0. The van der Waals surface area contributed by atoms with Gasteiger partial charge in [0.15, 0.2) is 0 Å². The number of nitrogens with one attached hydrogen (secondary N) is 1. The zero-order valence-corrected chi connectivity index (χ0v) is 13.1. The summed E-state index contributed by atoms with van der Waals surface area (Å²) in [5.41, 5.74) is 8.48. The van der Waals surface area contributed by atoms with Crippen LogP contribution in [0, 0.1) is 6.92 Å². The summed E-state index contributed by atoms with van der Waals surface area (Å²) >= 11 is 0. The highest BCUT2D eigenvalue weighted by molar-refractivity contribution is 5.26. The van der Waals surface area contributed by atoms with Crippen molar-refractivity contribution in [2.45, 2.75) is 45.6 Å². The van der Waals surface area contributed by atoms with Crippen LogP contribution in [0.5, 0.6) is 0 Å². The van der Waals surface area contributed by atoms with Crippen LogP contribution in [0.4, 0.5) is 0 Å². The van der Waals surface area contributed by atoms with E-state index < -0.39 is 0 Å². The first-order valence-electron chi connectivity index (χ1n) is 7.81. The molecule has 0 aliphatic carbocycles. The molecule has 0 saturated heterocycles. The molecule has 0 amide bonds. The van der Waals surface area contributed by atoms with Gasteiger partial charge in [-0.05, 0) is 54.9 Å².